The lowest BCUT2D eigenvalue weighted by atomic mass is 9.79. The summed E-state index contributed by atoms with van der Waals surface area (Å²) in [4.78, 5) is 4.22. The van der Waals surface area contributed by atoms with E-state index in [0.29, 0.717) is 24.0 Å². The van der Waals surface area contributed by atoms with Gasteiger partial charge in [-0.15, -0.1) is 0 Å². The van der Waals surface area contributed by atoms with E-state index in [-0.39, 0.29) is 0 Å². The zero-order valence-electron chi connectivity index (χ0n) is 10.6. The predicted octanol–water partition coefficient (Wildman–Crippen LogP) is 2.78. The van der Waals surface area contributed by atoms with Gasteiger partial charge in [-0.3, -0.25) is 0 Å². The summed E-state index contributed by atoms with van der Waals surface area (Å²) in [5.74, 6) is 1.23. The van der Waals surface area contributed by atoms with Gasteiger partial charge in [0.05, 0.1) is 11.3 Å². The molecule has 2 unspecified atom stereocenters. The summed E-state index contributed by atoms with van der Waals surface area (Å²) in [5.41, 5.74) is 5.84. The monoisotopic (exact) mass is 313 g/mol. The normalized spacial score (nSPS) is 28.1. The van der Waals surface area contributed by atoms with Gasteiger partial charge >= 0.3 is 0 Å². The standard InChI is InChI=1S/C13H20BrN3O/c1-9-3-2-4-13(18,6-9)8-17-12-11(15)5-10(14)7-16-12/h5,7,9,18H,2-4,6,8,15H2,1H3,(H,16,17). The number of pyridine rings is 1. The molecule has 4 N–H and O–H groups in total. The van der Waals surface area contributed by atoms with Crippen molar-refractivity contribution in [2.45, 2.75) is 38.2 Å². The molecule has 1 heterocycles. The lowest BCUT2D eigenvalue weighted by Crippen LogP contribution is -2.41. The van der Waals surface area contributed by atoms with Crippen LogP contribution in [0.15, 0.2) is 16.7 Å². The molecular formula is C13H20BrN3O. The van der Waals surface area contributed by atoms with Crippen molar-refractivity contribution in [3.05, 3.63) is 16.7 Å². The SMILES string of the molecule is CC1CCCC(O)(CNc2ncc(Br)cc2N)C1. The lowest BCUT2D eigenvalue weighted by molar-refractivity contribution is -0.000811. The van der Waals surface area contributed by atoms with Crippen molar-refractivity contribution in [3.8, 4) is 0 Å². The fourth-order valence-corrected chi connectivity index (χ4v) is 2.99. The topological polar surface area (TPSA) is 71.2 Å². The molecule has 100 valence electrons. The maximum atomic E-state index is 10.5. The van der Waals surface area contributed by atoms with Gasteiger partial charge in [-0.1, -0.05) is 19.8 Å². The molecule has 1 aliphatic rings. The summed E-state index contributed by atoms with van der Waals surface area (Å²) in [5, 5.41) is 13.7. The minimum Gasteiger partial charge on any atom is -0.396 e. The summed E-state index contributed by atoms with van der Waals surface area (Å²) in [6, 6.07) is 1.81. The molecule has 1 aromatic rings. The van der Waals surface area contributed by atoms with Gasteiger partial charge < -0.3 is 16.2 Å². The Morgan fingerprint density at radius 2 is 2.44 bits per heavy atom. The van der Waals surface area contributed by atoms with Crippen LogP contribution in [0.2, 0.25) is 0 Å². The van der Waals surface area contributed by atoms with Crippen LogP contribution < -0.4 is 11.1 Å². The number of rotatable bonds is 3. The lowest BCUT2D eigenvalue weighted by Gasteiger charge is -2.35. The van der Waals surface area contributed by atoms with Gasteiger partial charge in [0.1, 0.15) is 5.82 Å². The maximum Gasteiger partial charge on any atom is 0.149 e. The first-order valence-electron chi connectivity index (χ1n) is 6.36. The first-order chi connectivity index (χ1) is 8.48. The molecule has 0 aliphatic heterocycles. The van der Waals surface area contributed by atoms with E-state index in [0.717, 1.165) is 23.7 Å². The molecule has 1 aromatic heterocycles. The molecule has 0 bridgehead atoms. The summed E-state index contributed by atoms with van der Waals surface area (Å²) in [7, 11) is 0. The molecule has 18 heavy (non-hydrogen) atoms. The molecule has 0 saturated heterocycles. The highest BCUT2D eigenvalue weighted by Crippen LogP contribution is 2.32. The van der Waals surface area contributed by atoms with Crippen molar-refractivity contribution in [2.75, 3.05) is 17.6 Å². The van der Waals surface area contributed by atoms with Crippen LogP contribution >= 0.6 is 15.9 Å². The summed E-state index contributed by atoms with van der Waals surface area (Å²) in [6.45, 7) is 2.70. The third-order valence-corrected chi connectivity index (χ3v) is 3.97. The van der Waals surface area contributed by atoms with Crippen LogP contribution in [-0.4, -0.2) is 22.2 Å². The number of hydrogen-bond acceptors (Lipinski definition) is 4. The first-order valence-corrected chi connectivity index (χ1v) is 7.15. The molecule has 0 aromatic carbocycles. The highest BCUT2D eigenvalue weighted by molar-refractivity contribution is 9.10. The smallest absolute Gasteiger partial charge is 0.149 e. The van der Waals surface area contributed by atoms with Crippen molar-refractivity contribution in [1.29, 1.82) is 0 Å². The minimum atomic E-state index is -0.626. The molecule has 1 fully saturated rings. The van der Waals surface area contributed by atoms with Gasteiger partial charge in [0.2, 0.25) is 0 Å². The Balaban J connectivity index is 1.98. The average Bonchev–Trinajstić information content (AvgIpc) is 2.27. The second-order valence-electron chi connectivity index (χ2n) is 5.37. The van der Waals surface area contributed by atoms with Crippen molar-refractivity contribution < 1.29 is 5.11 Å². The summed E-state index contributed by atoms with van der Waals surface area (Å²) < 4.78 is 0.857. The Bertz CT molecular complexity index is 427. The molecule has 5 heteroatoms. The van der Waals surface area contributed by atoms with E-state index in [1.807, 2.05) is 6.07 Å². The van der Waals surface area contributed by atoms with Gasteiger partial charge in [-0.25, -0.2) is 4.98 Å². The number of anilines is 2. The molecule has 0 amide bonds. The average molecular weight is 314 g/mol. The quantitative estimate of drug-likeness (QED) is 0.802. The molecular weight excluding hydrogens is 294 g/mol. The Hall–Kier alpha value is -0.810. The Labute approximate surface area is 116 Å². The van der Waals surface area contributed by atoms with E-state index >= 15 is 0 Å². The Kier molecular flexibility index (Phi) is 4.12. The van der Waals surface area contributed by atoms with Gasteiger partial charge in [-0.05, 0) is 40.8 Å². The van der Waals surface area contributed by atoms with Crippen LogP contribution in [0.25, 0.3) is 0 Å². The van der Waals surface area contributed by atoms with Crippen molar-refractivity contribution in [3.63, 3.8) is 0 Å². The van der Waals surface area contributed by atoms with Crippen LogP contribution in [0.4, 0.5) is 11.5 Å². The van der Waals surface area contributed by atoms with E-state index in [1.165, 1.54) is 6.42 Å². The number of nitrogens with one attached hydrogen (secondary N) is 1. The van der Waals surface area contributed by atoms with Crippen LogP contribution in [0, 0.1) is 5.92 Å². The third-order valence-electron chi connectivity index (χ3n) is 3.54. The molecule has 0 spiro atoms. The van der Waals surface area contributed by atoms with Crippen LogP contribution in [0.3, 0.4) is 0 Å². The van der Waals surface area contributed by atoms with E-state index in [2.05, 4.69) is 33.2 Å². The second-order valence-corrected chi connectivity index (χ2v) is 6.29. The Morgan fingerprint density at radius 3 is 3.11 bits per heavy atom. The van der Waals surface area contributed by atoms with Crippen molar-refractivity contribution in [2.24, 2.45) is 5.92 Å². The zero-order valence-corrected chi connectivity index (χ0v) is 12.2. The number of aromatic nitrogens is 1. The molecule has 2 rings (SSSR count). The van der Waals surface area contributed by atoms with Crippen LogP contribution in [0.5, 0.6) is 0 Å². The third kappa shape index (κ3) is 3.36. The van der Waals surface area contributed by atoms with Crippen molar-refractivity contribution in [1.82, 2.24) is 4.98 Å². The summed E-state index contributed by atoms with van der Waals surface area (Å²) in [6.07, 6.45) is 5.69. The fraction of sp³-hybridized carbons (Fsp3) is 0.615. The molecule has 4 nitrogen and oxygen atoms in total. The van der Waals surface area contributed by atoms with Gasteiger partial charge in [0.15, 0.2) is 0 Å². The second kappa shape index (κ2) is 5.45. The number of nitrogens with zero attached hydrogens (tertiary/aromatic N) is 1. The van der Waals surface area contributed by atoms with Gasteiger partial charge in [-0.2, -0.15) is 0 Å². The fourth-order valence-electron chi connectivity index (χ4n) is 2.64. The molecule has 2 atom stereocenters. The van der Waals surface area contributed by atoms with Crippen LogP contribution in [0.1, 0.15) is 32.6 Å². The zero-order chi connectivity index (χ0) is 13.2. The number of nitrogens with two attached hydrogens (primary N) is 1. The largest absolute Gasteiger partial charge is 0.396 e. The van der Waals surface area contributed by atoms with Crippen LogP contribution in [-0.2, 0) is 0 Å². The first kappa shape index (κ1) is 13.6. The molecule has 1 saturated carbocycles. The van der Waals surface area contributed by atoms with E-state index in [1.54, 1.807) is 6.20 Å². The van der Waals surface area contributed by atoms with E-state index in [9.17, 15) is 5.11 Å². The number of nitrogen functional groups attached to an aromatic ring is 1. The minimum absolute atomic E-state index is 0.510. The number of hydrogen-bond donors (Lipinski definition) is 3. The highest BCUT2D eigenvalue weighted by atomic mass is 79.9. The van der Waals surface area contributed by atoms with Crippen molar-refractivity contribution >= 4 is 27.4 Å². The van der Waals surface area contributed by atoms with E-state index in [4.69, 9.17) is 5.73 Å². The molecule has 1 aliphatic carbocycles. The maximum absolute atomic E-state index is 10.5. The molecule has 0 radical (unpaired) electrons. The van der Waals surface area contributed by atoms with Gasteiger partial charge in [0.25, 0.3) is 0 Å². The number of halogens is 1. The number of aliphatic hydroxyl groups is 1. The Morgan fingerprint density at radius 1 is 1.67 bits per heavy atom. The highest BCUT2D eigenvalue weighted by Gasteiger charge is 2.32. The van der Waals surface area contributed by atoms with Gasteiger partial charge in [0, 0.05) is 17.2 Å². The predicted molar refractivity (Wildman–Crippen MR) is 77.4 cm³/mol. The van der Waals surface area contributed by atoms with E-state index < -0.39 is 5.60 Å². The summed E-state index contributed by atoms with van der Waals surface area (Å²) >= 11 is 3.32.